The molecule has 0 unspecified atom stereocenters. The molecule has 154 valence electrons. The summed E-state index contributed by atoms with van der Waals surface area (Å²) < 4.78 is 39.8. The van der Waals surface area contributed by atoms with Crippen molar-refractivity contribution in [1.29, 1.82) is 0 Å². The minimum absolute atomic E-state index is 0.0638. The van der Waals surface area contributed by atoms with Crippen molar-refractivity contribution in [3.8, 4) is 11.3 Å². The van der Waals surface area contributed by atoms with Crippen LogP contribution in [0.4, 0.5) is 29.5 Å². The van der Waals surface area contributed by atoms with Crippen LogP contribution in [0.15, 0.2) is 54.6 Å². The molecule has 2 amide bonds. The molecular formula is C21H18F3N5O. The van der Waals surface area contributed by atoms with Gasteiger partial charge in [0.25, 0.3) is 0 Å². The maximum atomic E-state index is 13.7. The average Bonchev–Trinajstić information content (AvgIpc) is 2.76. The molecule has 1 N–H and O–H groups in total. The Balaban J connectivity index is 1.34. The van der Waals surface area contributed by atoms with Crippen molar-refractivity contribution in [2.45, 2.75) is 0 Å². The van der Waals surface area contributed by atoms with Gasteiger partial charge in [-0.3, -0.25) is 0 Å². The van der Waals surface area contributed by atoms with Crippen LogP contribution < -0.4 is 10.2 Å². The van der Waals surface area contributed by atoms with Crippen LogP contribution in [0.3, 0.4) is 0 Å². The van der Waals surface area contributed by atoms with Crippen molar-refractivity contribution < 1.29 is 18.0 Å². The summed E-state index contributed by atoms with van der Waals surface area (Å²) in [6.07, 6.45) is 0. The third-order valence-electron chi connectivity index (χ3n) is 4.85. The molecule has 4 rings (SSSR count). The maximum Gasteiger partial charge on any atom is 0.322 e. The maximum absolute atomic E-state index is 13.7. The number of rotatable bonds is 3. The summed E-state index contributed by atoms with van der Waals surface area (Å²) in [5.74, 6) is -1.16. The summed E-state index contributed by atoms with van der Waals surface area (Å²) in [5, 5.41) is 10.9. The Hall–Kier alpha value is -3.62. The lowest BCUT2D eigenvalue weighted by molar-refractivity contribution is 0.208. The van der Waals surface area contributed by atoms with Crippen LogP contribution in [-0.2, 0) is 0 Å². The quantitative estimate of drug-likeness (QED) is 0.707. The minimum Gasteiger partial charge on any atom is -0.352 e. The van der Waals surface area contributed by atoms with Crippen LogP contribution in [-0.4, -0.2) is 47.3 Å². The summed E-state index contributed by atoms with van der Waals surface area (Å²) in [5.41, 5.74) is 1.34. The van der Waals surface area contributed by atoms with E-state index in [0.717, 1.165) is 17.7 Å². The fourth-order valence-electron chi connectivity index (χ4n) is 3.19. The largest absolute Gasteiger partial charge is 0.352 e. The highest BCUT2D eigenvalue weighted by molar-refractivity contribution is 5.89. The first-order valence-electron chi connectivity index (χ1n) is 9.35. The standard InChI is InChI=1S/C21H18F3N5O/c22-15-3-1-14(2-4-15)18-7-8-20(27-26-18)28-9-11-29(12-10-28)21(30)25-19-6-5-16(23)13-17(19)24/h1-8,13H,9-12H2,(H,25,30). The number of urea groups is 1. The number of nitrogens with one attached hydrogen (secondary N) is 1. The van der Waals surface area contributed by atoms with E-state index >= 15 is 0 Å². The minimum atomic E-state index is -0.821. The molecule has 2 aromatic carbocycles. The fraction of sp³-hybridized carbons (Fsp3) is 0.190. The van der Waals surface area contributed by atoms with Gasteiger partial charge in [0.05, 0.1) is 11.4 Å². The monoisotopic (exact) mass is 413 g/mol. The van der Waals surface area contributed by atoms with Crippen molar-refractivity contribution in [2.24, 2.45) is 0 Å². The van der Waals surface area contributed by atoms with Gasteiger partial charge < -0.3 is 15.1 Å². The average molecular weight is 413 g/mol. The molecule has 30 heavy (non-hydrogen) atoms. The number of carbonyl (C=O) groups is 1. The Morgan fingerprint density at radius 3 is 2.17 bits per heavy atom. The molecule has 0 atom stereocenters. The van der Waals surface area contributed by atoms with E-state index in [9.17, 15) is 18.0 Å². The van der Waals surface area contributed by atoms with Gasteiger partial charge in [-0.05, 0) is 48.5 Å². The van der Waals surface area contributed by atoms with Crippen molar-refractivity contribution in [1.82, 2.24) is 15.1 Å². The highest BCUT2D eigenvalue weighted by Gasteiger charge is 2.23. The first-order chi connectivity index (χ1) is 14.5. The summed E-state index contributed by atoms with van der Waals surface area (Å²) in [6.45, 7) is 1.89. The number of anilines is 2. The van der Waals surface area contributed by atoms with E-state index in [1.54, 1.807) is 17.0 Å². The molecule has 2 heterocycles. The molecule has 1 fully saturated rings. The van der Waals surface area contributed by atoms with E-state index in [1.807, 2.05) is 17.0 Å². The van der Waals surface area contributed by atoms with Crippen LogP contribution in [0.5, 0.6) is 0 Å². The van der Waals surface area contributed by atoms with Gasteiger partial charge in [-0.1, -0.05) is 0 Å². The Labute approximate surface area is 170 Å². The predicted octanol–water partition coefficient (Wildman–Crippen LogP) is 3.92. The third-order valence-corrected chi connectivity index (χ3v) is 4.85. The molecule has 1 aliphatic rings. The Morgan fingerprint density at radius 2 is 1.53 bits per heavy atom. The van der Waals surface area contributed by atoms with E-state index < -0.39 is 17.7 Å². The van der Waals surface area contributed by atoms with Crippen LogP contribution in [0, 0.1) is 17.5 Å². The van der Waals surface area contributed by atoms with Crippen molar-refractivity contribution in [3.05, 3.63) is 72.0 Å². The molecule has 0 saturated carbocycles. The Bertz CT molecular complexity index is 1040. The molecule has 0 aliphatic carbocycles. The zero-order valence-electron chi connectivity index (χ0n) is 15.9. The van der Waals surface area contributed by atoms with Gasteiger partial charge in [-0.25, -0.2) is 18.0 Å². The number of benzene rings is 2. The van der Waals surface area contributed by atoms with Crippen LogP contribution >= 0.6 is 0 Å². The molecular weight excluding hydrogens is 395 g/mol. The zero-order chi connectivity index (χ0) is 21.1. The number of halogens is 3. The lowest BCUT2D eigenvalue weighted by Crippen LogP contribution is -2.50. The summed E-state index contributed by atoms with van der Waals surface area (Å²) >= 11 is 0. The van der Waals surface area contributed by atoms with Gasteiger partial charge in [-0.2, -0.15) is 0 Å². The Kier molecular flexibility index (Phi) is 5.51. The first-order valence-corrected chi connectivity index (χ1v) is 9.35. The van der Waals surface area contributed by atoms with E-state index in [-0.39, 0.29) is 11.5 Å². The lowest BCUT2D eigenvalue weighted by atomic mass is 10.1. The SMILES string of the molecule is O=C(Nc1ccc(F)cc1F)N1CCN(c2ccc(-c3ccc(F)cc3)nn2)CC1. The summed E-state index contributed by atoms with van der Waals surface area (Å²) in [4.78, 5) is 15.9. The highest BCUT2D eigenvalue weighted by Crippen LogP contribution is 2.20. The smallest absolute Gasteiger partial charge is 0.322 e. The number of hydrogen-bond acceptors (Lipinski definition) is 4. The lowest BCUT2D eigenvalue weighted by Gasteiger charge is -2.35. The third kappa shape index (κ3) is 4.35. The van der Waals surface area contributed by atoms with Crippen molar-refractivity contribution in [3.63, 3.8) is 0 Å². The fourth-order valence-corrected chi connectivity index (χ4v) is 3.19. The van der Waals surface area contributed by atoms with Gasteiger partial charge in [0.2, 0.25) is 0 Å². The van der Waals surface area contributed by atoms with Gasteiger partial charge >= 0.3 is 6.03 Å². The van der Waals surface area contributed by atoms with Crippen LogP contribution in [0.25, 0.3) is 11.3 Å². The number of amides is 2. The van der Waals surface area contributed by atoms with E-state index in [2.05, 4.69) is 15.5 Å². The van der Waals surface area contributed by atoms with Crippen molar-refractivity contribution in [2.75, 3.05) is 36.4 Å². The van der Waals surface area contributed by atoms with Gasteiger partial charge in [-0.15, -0.1) is 10.2 Å². The molecule has 1 aliphatic heterocycles. The number of carbonyl (C=O) groups excluding carboxylic acids is 1. The van der Waals surface area contributed by atoms with Gasteiger partial charge in [0.15, 0.2) is 5.82 Å². The zero-order valence-corrected chi connectivity index (χ0v) is 15.9. The molecule has 3 aromatic rings. The number of hydrogen-bond donors (Lipinski definition) is 1. The molecule has 1 aromatic heterocycles. The second kappa shape index (κ2) is 8.40. The van der Waals surface area contributed by atoms with E-state index in [0.29, 0.717) is 37.7 Å². The molecule has 0 spiro atoms. The molecule has 0 bridgehead atoms. The number of piperazine rings is 1. The van der Waals surface area contributed by atoms with E-state index in [4.69, 9.17) is 0 Å². The molecule has 1 saturated heterocycles. The predicted molar refractivity (Wildman–Crippen MR) is 107 cm³/mol. The second-order valence-corrected chi connectivity index (χ2v) is 6.81. The molecule has 6 nitrogen and oxygen atoms in total. The van der Waals surface area contributed by atoms with Gasteiger partial charge in [0, 0.05) is 37.8 Å². The van der Waals surface area contributed by atoms with E-state index in [1.165, 1.54) is 18.2 Å². The van der Waals surface area contributed by atoms with Crippen molar-refractivity contribution >= 4 is 17.5 Å². The normalized spacial score (nSPS) is 14.0. The van der Waals surface area contributed by atoms with Crippen LogP contribution in [0.1, 0.15) is 0 Å². The van der Waals surface area contributed by atoms with Gasteiger partial charge in [0.1, 0.15) is 17.5 Å². The topological polar surface area (TPSA) is 61.4 Å². The second-order valence-electron chi connectivity index (χ2n) is 6.81. The summed E-state index contributed by atoms with van der Waals surface area (Å²) in [6, 6.07) is 12.2. The molecule has 0 radical (unpaired) electrons. The highest BCUT2D eigenvalue weighted by atomic mass is 19.1. The van der Waals surface area contributed by atoms with Crippen LogP contribution in [0.2, 0.25) is 0 Å². The Morgan fingerprint density at radius 1 is 0.833 bits per heavy atom. The number of nitrogens with zero attached hydrogens (tertiary/aromatic N) is 4. The number of aromatic nitrogens is 2. The molecule has 9 heteroatoms. The first kappa shape index (κ1) is 19.7. The summed E-state index contributed by atoms with van der Waals surface area (Å²) in [7, 11) is 0.